The van der Waals surface area contributed by atoms with E-state index >= 15 is 0 Å². The van der Waals surface area contributed by atoms with E-state index in [1.807, 2.05) is 26.0 Å². The number of fused-ring (bicyclic) bond motifs is 1. The third kappa shape index (κ3) is 3.35. The van der Waals surface area contributed by atoms with Crippen LogP contribution in [0.25, 0.3) is 0 Å². The van der Waals surface area contributed by atoms with E-state index in [1.165, 1.54) is 0 Å². The van der Waals surface area contributed by atoms with Gasteiger partial charge in [-0.3, -0.25) is 19.3 Å². The highest BCUT2D eigenvalue weighted by Gasteiger charge is 2.48. The predicted octanol–water partition coefficient (Wildman–Crippen LogP) is 2.52. The maximum absolute atomic E-state index is 12.3. The molecule has 5 nitrogen and oxygen atoms in total. The Morgan fingerprint density at radius 3 is 2.12 bits per heavy atom. The molecule has 1 saturated heterocycles. The zero-order valence-electron chi connectivity index (χ0n) is 14.2. The summed E-state index contributed by atoms with van der Waals surface area (Å²) in [5, 5.41) is 0. The van der Waals surface area contributed by atoms with Gasteiger partial charge in [0.2, 0.25) is 11.8 Å². The SMILES string of the molecule is Cc1cc(C)cc(COC(=O)CN2C(=O)[C@H]3CCCC[C@H]3C2=O)c1. The van der Waals surface area contributed by atoms with Gasteiger partial charge in [0.25, 0.3) is 0 Å². The molecule has 2 aliphatic rings. The number of amides is 2. The van der Waals surface area contributed by atoms with E-state index in [0.29, 0.717) is 0 Å². The van der Waals surface area contributed by atoms with Crippen LogP contribution >= 0.6 is 0 Å². The number of aryl methyl sites for hydroxylation is 2. The second-order valence-corrected chi connectivity index (χ2v) is 6.92. The number of ether oxygens (including phenoxy) is 1. The second-order valence-electron chi connectivity index (χ2n) is 6.92. The summed E-state index contributed by atoms with van der Waals surface area (Å²) >= 11 is 0. The van der Waals surface area contributed by atoms with Gasteiger partial charge in [0, 0.05) is 0 Å². The van der Waals surface area contributed by atoms with Gasteiger partial charge in [-0.25, -0.2) is 0 Å². The summed E-state index contributed by atoms with van der Waals surface area (Å²) in [6.45, 7) is 3.86. The zero-order valence-corrected chi connectivity index (χ0v) is 14.2. The molecule has 1 heterocycles. The van der Waals surface area contributed by atoms with Crippen LogP contribution in [0.5, 0.6) is 0 Å². The first-order valence-corrected chi connectivity index (χ1v) is 8.53. The Kier molecular flexibility index (Phi) is 4.69. The molecule has 2 amide bonds. The predicted molar refractivity (Wildman–Crippen MR) is 87.9 cm³/mol. The fraction of sp³-hybridized carbons (Fsp3) is 0.526. The minimum Gasteiger partial charge on any atom is -0.459 e. The van der Waals surface area contributed by atoms with E-state index in [0.717, 1.165) is 47.3 Å². The van der Waals surface area contributed by atoms with Gasteiger partial charge in [-0.2, -0.15) is 0 Å². The summed E-state index contributed by atoms with van der Waals surface area (Å²) in [6, 6.07) is 5.97. The molecule has 2 fully saturated rings. The van der Waals surface area contributed by atoms with E-state index in [2.05, 4.69) is 6.07 Å². The lowest BCUT2D eigenvalue weighted by Gasteiger charge is -2.19. The van der Waals surface area contributed by atoms with Gasteiger partial charge in [-0.05, 0) is 32.3 Å². The Bertz CT molecular complexity index is 638. The first-order valence-electron chi connectivity index (χ1n) is 8.53. The van der Waals surface area contributed by atoms with Crippen LogP contribution in [0.4, 0.5) is 0 Å². The molecule has 128 valence electrons. The molecular formula is C19H23NO4. The summed E-state index contributed by atoms with van der Waals surface area (Å²) in [7, 11) is 0. The third-order valence-electron chi connectivity index (χ3n) is 4.90. The largest absolute Gasteiger partial charge is 0.459 e. The molecule has 0 unspecified atom stereocenters. The average Bonchev–Trinajstić information content (AvgIpc) is 2.78. The van der Waals surface area contributed by atoms with E-state index in [4.69, 9.17) is 4.74 Å². The van der Waals surface area contributed by atoms with Crippen molar-refractivity contribution in [3.05, 3.63) is 34.9 Å². The van der Waals surface area contributed by atoms with Crippen molar-refractivity contribution in [3.8, 4) is 0 Å². The van der Waals surface area contributed by atoms with Crippen LogP contribution < -0.4 is 0 Å². The van der Waals surface area contributed by atoms with Gasteiger partial charge < -0.3 is 4.74 Å². The second kappa shape index (κ2) is 6.75. The lowest BCUT2D eigenvalue weighted by molar-refractivity contribution is -0.153. The number of likely N-dealkylation sites (tertiary alicyclic amines) is 1. The van der Waals surface area contributed by atoms with Crippen LogP contribution in [-0.4, -0.2) is 29.2 Å². The molecule has 1 aliphatic carbocycles. The lowest BCUT2D eigenvalue weighted by atomic mass is 9.81. The van der Waals surface area contributed by atoms with Crippen molar-refractivity contribution in [2.75, 3.05) is 6.54 Å². The zero-order chi connectivity index (χ0) is 17.3. The van der Waals surface area contributed by atoms with Gasteiger partial charge in [-0.15, -0.1) is 0 Å². The molecule has 0 radical (unpaired) electrons. The molecule has 1 saturated carbocycles. The van der Waals surface area contributed by atoms with E-state index in [1.54, 1.807) is 0 Å². The first kappa shape index (κ1) is 16.7. The minimum atomic E-state index is -0.533. The van der Waals surface area contributed by atoms with Crippen molar-refractivity contribution in [3.63, 3.8) is 0 Å². The van der Waals surface area contributed by atoms with Gasteiger partial charge in [0.05, 0.1) is 11.8 Å². The van der Waals surface area contributed by atoms with E-state index in [9.17, 15) is 14.4 Å². The molecule has 0 aromatic heterocycles. The summed E-state index contributed by atoms with van der Waals surface area (Å²) < 4.78 is 5.27. The highest BCUT2D eigenvalue weighted by atomic mass is 16.5. The molecule has 24 heavy (non-hydrogen) atoms. The standard InChI is InChI=1S/C19H23NO4/c1-12-7-13(2)9-14(8-12)11-24-17(21)10-20-18(22)15-5-3-4-6-16(15)19(20)23/h7-9,15-16H,3-6,10-11H2,1-2H3/t15-,16+. The quantitative estimate of drug-likeness (QED) is 0.629. The van der Waals surface area contributed by atoms with Crippen molar-refractivity contribution >= 4 is 17.8 Å². The van der Waals surface area contributed by atoms with Crippen molar-refractivity contribution in [2.24, 2.45) is 11.8 Å². The number of hydrogen-bond acceptors (Lipinski definition) is 4. The Labute approximate surface area is 142 Å². The van der Waals surface area contributed by atoms with Gasteiger partial charge in [0.1, 0.15) is 13.2 Å². The molecule has 2 atom stereocenters. The third-order valence-corrected chi connectivity index (χ3v) is 4.90. The van der Waals surface area contributed by atoms with Crippen LogP contribution in [0.1, 0.15) is 42.4 Å². The van der Waals surface area contributed by atoms with Crippen molar-refractivity contribution in [1.82, 2.24) is 4.90 Å². The molecule has 3 rings (SSSR count). The number of esters is 1. The molecule has 1 aliphatic heterocycles. The summed E-state index contributed by atoms with van der Waals surface area (Å²) in [6.07, 6.45) is 3.46. The highest BCUT2D eigenvalue weighted by Crippen LogP contribution is 2.37. The maximum atomic E-state index is 12.3. The maximum Gasteiger partial charge on any atom is 0.326 e. The Hall–Kier alpha value is -2.17. The molecule has 1 aromatic rings. The molecule has 5 heteroatoms. The molecular weight excluding hydrogens is 306 g/mol. The number of imide groups is 1. The molecule has 0 N–H and O–H groups in total. The lowest BCUT2D eigenvalue weighted by Crippen LogP contribution is -2.36. The summed E-state index contributed by atoms with van der Waals surface area (Å²) in [4.78, 5) is 37.9. The van der Waals surface area contributed by atoms with Crippen molar-refractivity contribution in [2.45, 2.75) is 46.1 Å². The van der Waals surface area contributed by atoms with Crippen LogP contribution in [0, 0.1) is 25.7 Å². The number of rotatable bonds is 4. The topological polar surface area (TPSA) is 63.7 Å². The average molecular weight is 329 g/mol. The molecule has 1 aromatic carbocycles. The summed E-state index contributed by atoms with van der Waals surface area (Å²) in [5.74, 6) is -1.38. The number of nitrogens with zero attached hydrogens (tertiary/aromatic N) is 1. The number of carbonyl (C=O) groups is 3. The Morgan fingerprint density at radius 1 is 1.04 bits per heavy atom. The van der Waals surface area contributed by atoms with Gasteiger partial charge in [-0.1, -0.05) is 42.2 Å². The smallest absolute Gasteiger partial charge is 0.326 e. The number of benzene rings is 1. The van der Waals surface area contributed by atoms with Crippen molar-refractivity contribution < 1.29 is 19.1 Å². The first-order chi connectivity index (χ1) is 11.5. The number of carbonyl (C=O) groups excluding carboxylic acids is 3. The highest BCUT2D eigenvalue weighted by molar-refractivity contribution is 6.07. The van der Waals surface area contributed by atoms with Crippen LogP contribution in [0.2, 0.25) is 0 Å². The van der Waals surface area contributed by atoms with Crippen molar-refractivity contribution in [1.29, 1.82) is 0 Å². The Morgan fingerprint density at radius 2 is 1.58 bits per heavy atom. The molecule has 0 bridgehead atoms. The number of hydrogen-bond donors (Lipinski definition) is 0. The fourth-order valence-corrected chi connectivity index (χ4v) is 3.88. The Balaban J connectivity index is 1.58. The summed E-state index contributed by atoms with van der Waals surface area (Å²) in [5.41, 5.74) is 3.12. The monoisotopic (exact) mass is 329 g/mol. The van der Waals surface area contributed by atoms with E-state index in [-0.39, 0.29) is 36.8 Å². The minimum absolute atomic E-state index is 0.157. The van der Waals surface area contributed by atoms with Gasteiger partial charge in [0.15, 0.2) is 0 Å². The van der Waals surface area contributed by atoms with Crippen LogP contribution in [-0.2, 0) is 25.7 Å². The fourth-order valence-electron chi connectivity index (χ4n) is 3.88. The molecule has 0 spiro atoms. The van der Waals surface area contributed by atoms with Crippen LogP contribution in [0.15, 0.2) is 18.2 Å². The normalized spacial score (nSPS) is 23.3. The van der Waals surface area contributed by atoms with E-state index < -0.39 is 5.97 Å². The van der Waals surface area contributed by atoms with Gasteiger partial charge >= 0.3 is 5.97 Å². The van der Waals surface area contributed by atoms with Crippen LogP contribution in [0.3, 0.4) is 0 Å².